The molecule has 8 nitrogen and oxygen atoms in total. The lowest BCUT2D eigenvalue weighted by Gasteiger charge is -2.31. The van der Waals surface area contributed by atoms with Gasteiger partial charge in [0, 0.05) is 30.5 Å². The lowest BCUT2D eigenvalue weighted by atomic mass is 10.0. The molecule has 0 aliphatic carbocycles. The number of hydrogen-bond donors (Lipinski definition) is 1. The van der Waals surface area contributed by atoms with Crippen LogP contribution in [0.1, 0.15) is 25.7 Å². The molecule has 1 amide bonds. The second-order valence-electron chi connectivity index (χ2n) is 7.82. The molecule has 0 spiro atoms. The van der Waals surface area contributed by atoms with Crippen molar-refractivity contribution in [1.82, 2.24) is 4.90 Å². The average molecular weight is 549 g/mol. The maximum atomic E-state index is 12.4. The number of esters is 2. The van der Waals surface area contributed by atoms with Crippen molar-refractivity contribution < 1.29 is 28.6 Å². The molecule has 0 unspecified atom stereocenters. The van der Waals surface area contributed by atoms with E-state index in [1.165, 1.54) is 14.2 Å². The fourth-order valence-corrected chi connectivity index (χ4v) is 3.86. The topological polar surface area (TPSA) is 94.2 Å². The normalized spacial score (nSPS) is 13.7. The van der Waals surface area contributed by atoms with Gasteiger partial charge in [0.05, 0.1) is 32.7 Å². The van der Waals surface area contributed by atoms with Crippen molar-refractivity contribution >= 4 is 39.6 Å². The lowest BCUT2D eigenvalue weighted by molar-refractivity contribution is -0.141. The number of hydrogen-bond acceptors (Lipinski definition) is 7. The zero-order chi connectivity index (χ0) is 25.5. The van der Waals surface area contributed by atoms with E-state index in [-0.39, 0.29) is 18.0 Å². The standard InChI is InChI=1S/C22H26N2O4.C4H7BrO2/c1-27-21(25)13-16-24-14-11-18(12-15-24)28-22(26)23-20-10-6-5-9-19(20)17-7-3-2-4-8-17;1-7-4(6)2-3-5/h2-10,18H,11-16H2,1H3,(H,23,26);2-3H2,1H3. The molecule has 0 saturated carbocycles. The number of carbonyl (C=O) groups is 3. The smallest absolute Gasteiger partial charge is 0.411 e. The van der Waals surface area contributed by atoms with Gasteiger partial charge in [-0.1, -0.05) is 64.5 Å². The summed E-state index contributed by atoms with van der Waals surface area (Å²) in [5.74, 6) is -0.369. The highest BCUT2D eigenvalue weighted by Crippen LogP contribution is 2.28. The number of alkyl halides is 1. The van der Waals surface area contributed by atoms with Crippen molar-refractivity contribution in [2.24, 2.45) is 0 Å². The van der Waals surface area contributed by atoms with E-state index in [0.29, 0.717) is 24.7 Å². The summed E-state index contributed by atoms with van der Waals surface area (Å²) < 4.78 is 14.6. The van der Waals surface area contributed by atoms with Crippen LogP contribution in [0.3, 0.4) is 0 Å². The number of nitrogens with one attached hydrogen (secondary N) is 1. The van der Waals surface area contributed by atoms with Crippen LogP contribution >= 0.6 is 15.9 Å². The Labute approximate surface area is 215 Å². The summed E-state index contributed by atoms with van der Waals surface area (Å²) in [5.41, 5.74) is 2.73. The van der Waals surface area contributed by atoms with Gasteiger partial charge in [0.25, 0.3) is 0 Å². The number of para-hydroxylation sites is 1. The quantitative estimate of drug-likeness (QED) is 0.285. The number of amides is 1. The van der Waals surface area contributed by atoms with Crippen molar-refractivity contribution in [3.63, 3.8) is 0 Å². The number of carbonyl (C=O) groups excluding carboxylic acids is 3. The number of benzene rings is 2. The minimum atomic E-state index is -0.434. The summed E-state index contributed by atoms with van der Waals surface area (Å²) in [4.78, 5) is 36.0. The van der Waals surface area contributed by atoms with Gasteiger partial charge in [0.1, 0.15) is 6.10 Å². The van der Waals surface area contributed by atoms with Crippen LogP contribution in [0.15, 0.2) is 54.6 Å². The minimum Gasteiger partial charge on any atom is -0.469 e. The van der Waals surface area contributed by atoms with Crippen LogP contribution in [0.5, 0.6) is 0 Å². The minimum absolute atomic E-state index is 0.113. The molecule has 1 N–H and O–H groups in total. The average Bonchev–Trinajstić information content (AvgIpc) is 2.89. The number of anilines is 1. The first-order chi connectivity index (χ1) is 17.0. The van der Waals surface area contributed by atoms with Gasteiger partial charge in [-0.25, -0.2) is 4.79 Å². The molecule has 3 rings (SSSR count). The van der Waals surface area contributed by atoms with Gasteiger partial charge in [-0.15, -0.1) is 0 Å². The maximum absolute atomic E-state index is 12.4. The Hall–Kier alpha value is -2.91. The van der Waals surface area contributed by atoms with E-state index >= 15 is 0 Å². The largest absolute Gasteiger partial charge is 0.469 e. The maximum Gasteiger partial charge on any atom is 0.411 e. The highest BCUT2D eigenvalue weighted by Gasteiger charge is 2.23. The Kier molecular flexibility index (Phi) is 12.9. The molecule has 9 heteroatoms. The zero-order valence-corrected chi connectivity index (χ0v) is 21.8. The molecular weight excluding hydrogens is 516 g/mol. The molecule has 1 aliphatic heterocycles. The Morgan fingerprint density at radius 2 is 1.51 bits per heavy atom. The zero-order valence-electron chi connectivity index (χ0n) is 20.2. The molecule has 2 aromatic carbocycles. The van der Waals surface area contributed by atoms with Gasteiger partial charge < -0.3 is 19.1 Å². The molecule has 1 aliphatic rings. The van der Waals surface area contributed by atoms with Gasteiger partial charge in [0.2, 0.25) is 0 Å². The van der Waals surface area contributed by atoms with Crippen molar-refractivity contribution in [1.29, 1.82) is 0 Å². The summed E-state index contributed by atoms with van der Waals surface area (Å²) in [6, 6.07) is 17.6. The summed E-state index contributed by atoms with van der Waals surface area (Å²) in [5, 5.41) is 3.56. The summed E-state index contributed by atoms with van der Waals surface area (Å²) in [6.45, 7) is 2.28. The predicted octanol–water partition coefficient (Wildman–Crippen LogP) is 4.87. The van der Waals surface area contributed by atoms with Crippen LogP contribution in [0, 0.1) is 0 Å². The van der Waals surface area contributed by atoms with E-state index in [4.69, 9.17) is 4.74 Å². The molecule has 0 aromatic heterocycles. The molecule has 1 fully saturated rings. The first-order valence-corrected chi connectivity index (χ1v) is 12.6. The van der Waals surface area contributed by atoms with Gasteiger partial charge >= 0.3 is 18.0 Å². The van der Waals surface area contributed by atoms with Crippen molar-refractivity contribution in [3.05, 3.63) is 54.6 Å². The Bertz CT molecular complexity index is 932. The predicted molar refractivity (Wildman–Crippen MR) is 139 cm³/mol. The van der Waals surface area contributed by atoms with Crippen molar-refractivity contribution in [3.8, 4) is 11.1 Å². The number of nitrogens with zero attached hydrogens (tertiary/aromatic N) is 1. The van der Waals surface area contributed by atoms with Crippen LogP contribution < -0.4 is 5.32 Å². The molecule has 35 heavy (non-hydrogen) atoms. The Morgan fingerprint density at radius 1 is 0.914 bits per heavy atom. The summed E-state index contributed by atoms with van der Waals surface area (Å²) in [6.07, 6.45) is 1.81. The molecule has 0 atom stereocenters. The molecule has 1 saturated heterocycles. The molecule has 0 radical (unpaired) electrons. The summed E-state index contributed by atoms with van der Waals surface area (Å²) in [7, 11) is 2.78. The van der Waals surface area contributed by atoms with E-state index in [0.717, 1.165) is 42.7 Å². The number of halogens is 1. The van der Waals surface area contributed by atoms with Crippen molar-refractivity contribution in [2.45, 2.75) is 31.8 Å². The third-order valence-corrected chi connectivity index (χ3v) is 5.84. The second-order valence-corrected chi connectivity index (χ2v) is 8.62. The Morgan fingerprint density at radius 3 is 2.11 bits per heavy atom. The van der Waals surface area contributed by atoms with Crippen LogP contribution in [0.25, 0.3) is 11.1 Å². The van der Waals surface area contributed by atoms with Crippen LogP contribution in [0.2, 0.25) is 0 Å². The number of ether oxygens (including phenoxy) is 3. The first-order valence-electron chi connectivity index (χ1n) is 11.5. The van der Waals surface area contributed by atoms with E-state index in [1.54, 1.807) is 0 Å². The number of rotatable bonds is 8. The number of likely N-dealkylation sites (tertiary alicyclic amines) is 1. The lowest BCUT2D eigenvalue weighted by Crippen LogP contribution is -2.39. The third-order valence-electron chi connectivity index (χ3n) is 5.44. The fourth-order valence-electron chi connectivity index (χ4n) is 3.53. The number of methoxy groups -OCH3 is 2. The second kappa shape index (κ2) is 15.9. The first kappa shape index (κ1) is 28.3. The van der Waals surface area contributed by atoms with E-state index in [2.05, 4.69) is 35.6 Å². The molecular formula is C26H33BrN2O6. The molecule has 2 aromatic rings. The molecule has 190 valence electrons. The van der Waals surface area contributed by atoms with E-state index in [9.17, 15) is 14.4 Å². The highest BCUT2D eigenvalue weighted by molar-refractivity contribution is 9.09. The van der Waals surface area contributed by atoms with E-state index < -0.39 is 6.09 Å². The Balaban J connectivity index is 0.000000540. The third kappa shape index (κ3) is 10.5. The summed E-state index contributed by atoms with van der Waals surface area (Å²) >= 11 is 3.09. The number of piperidine rings is 1. The SMILES string of the molecule is COC(=O)CCBr.COC(=O)CCN1CCC(OC(=O)Nc2ccccc2-c2ccccc2)CC1. The van der Waals surface area contributed by atoms with E-state index in [1.807, 2.05) is 54.6 Å². The van der Waals surface area contributed by atoms with Gasteiger partial charge in [-0.3, -0.25) is 14.9 Å². The van der Waals surface area contributed by atoms with Crippen molar-refractivity contribution in [2.75, 3.05) is 44.5 Å². The van der Waals surface area contributed by atoms with Crippen LogP contribution in [-0.2, 0) is 23.8 Å². The molecule has 0 bridgehead atoms. The highest BCUT2D eigenvalue weighted by atomic mass is 79.9. The molecule has 1 heterocycles. The van der Waals surface area contributed by atoms with Crippen LogP contribution in [-0.4, -0.2) is 68.2 Å². The monoisotopic (exact) mass is 548 g/mol. The van der Waals surface area contributed by atoms with Gasteiger partial charge in [0.15, 0.2) is 0 Å². The van der Waals surface area contributed by atoms with Crippen LogP contribution in [0.4, 0.5) is 10.5 Å². The van der Waals surface area contributed by atoms with Gasteiger partial charge in [-0.05, 0) is 24.5 Å². The van der Waals surface area contributed by atoms with Gasteiger partial charge in [-0.2, -0.15) is 0 Å². The fraction of sp³-hybridized carbons (Fsp3) is 0.423.